The van der Waals surface area contributed by atoms with Crippen LogP contribution in [0.5, 0.6) is 11.5 Å². The number of hydrogen-bond donors (Lipinski definition) is 2. The SMILES string of the molecule is Cc1cc(/C=C/c2c(O)cccc2O)[n+](C)c(=O)n1C.[Cl-]. The molecule has 0 fully saturated rings. The molecule has 2 rings (SSSR count). The lowest BCUT2D eigenvalue weighted by atomic mass is 10.1. The summed E-state index contributed by atoms with van der Waals surface area (Å²) >= 11 is 0. The lowest BCUT2D eigenvalue weighted by Crippen LogP contribution is -3.00. The zero-order valence-electron chi connectivity index (χ0n) is 12.0. The maximum atomic E-state index is 11.9. The number of hydrogen-bond acceptors (Lipinski definition) is 3. The van der Waals surface area contributed by atoms with Gasteiger partial charge in [-0.25, -0.2) is 0 Å². The quantitative estimate of drug-likeness (QED) is 0.637. The molecule has 2 aromatic rings. The summed E-state index contributed by atoms with van der Waals surface area (Å²) in [5, 5.41) is 19.4. The molecule has 6 heteroatoms. The number of phenols is 2. The Kier molecular flexibility index (Phi) is 5.16. The van der Waals surface area contributed by atoms with E-state index in [9.17, 15) is 15.0 Å². The zero-order valence-corrected chi connectivity index (χ0v) is 12.8. The number of aryl methyl sites for hydroxylation is 1. The van der Waals surface area contributed by atoms with Crippen LogP contribution in [0, 0.1) is 6.92 Å². The van der Waals surface area contributed by atoms with Crippen LogP contribution in [-0.4, -0.2) is 14.8 Å². The number of benzene rings is 1. The molecule has 112 valence electrons. The molecule has 0 saturated carbocycles. The largest absolute Gasteiger partial charge is 1.00 e. The fourth-order valence-electron chi connectivity index (χ4n) is 1.93. The van der Waals surface area contributed by atoms with Gasteiger partial charge >= 0.3 is 5.69 Å². The van der Waals surface area contributed by atoms with E-state index in [2.05, 4.69) is 0 Å². The highest BCUT2D eigenvalue weighted by Gasteiger charge is 2.12. The minimum atomic E-state index is -0.133. The van der Waals surface area contributed by atoms with Gasteiger partial charge in [0.2, 0.25) is 0 Å². The Morgan fingerprint density at radius 2 is 1.76 bits per heavy atom. The molecule has 0 amide bonds. The number of phenolic OH excluding ortho intramolecular Hbond substituents is 2. The summed E-state index contributed by atoms with van der Waals surface area (Å²) in [5.41, 5.74) is 1.71. The highest BCUT2D eigenvalue weighted by molar-refractivity contribution is 5.73. The summed E-state index contributed by atoms with van der Waals surface area (Å²) in [6, 6.07) is 6.41. The minimum Gasteiger partial charge on any atom is -1.00 e. The van der Waals surface area contributed by atoms with Crippen molar-refractivity contribution in [2.24, 2.45) is 14.1 Å². The van der Waals surface area contributed by atoms with Crippen molar-refractivity contribution in [2.75, 3.05) is 0 Å². The molecule has 0 bridgehead atoms. The van der Waals surface area contributed by atoms with Crippen molar-refractivity contribution in [1.82, 2.24) is 4.57 Å². The van der Waals surface area contributed by atoms with E-state index in [1.807, 2.05) is 13.0 Å². The first-order chi connectivity index (χ1) is 9.41. The monoisotopic (exact) mass is 308 g/mol. The summed E-state index contributed by atoms with van der Waals surface area (Å²) in [4.78, 5) is 11.9. The third-order valence-corrected chi connectivity index (χ3v) is 3.33. The topological polar surface area (TPSA) is 66.3 Å². The lowest BCUT2D eigenvalue weighted by Gasteiger charge is -2.03. The summed E-state index contributed by atoms with van der Waals surface area (Å²) in [5.74, 6) is -0.0195. The van der Waals surface area contributed by atoms with Crippen LogP contribution < -0.4 is 22.7 Å². The molecule has 0 aliphatic rings. The van der Waals surface area contributed by atoms with Gasteiger partial charge in [0.25, 0.3) is 0 Å². The summed E-state index contributed by atoms with van der Waals surface area (Å²) < 4.78 is 3.05. The van der Waals surface area contributed by atoms with Crippen molar-refractivity contribution in [3.8, 4) is 11.5 Å². The van der Waals surface area contributed by atoms with E-state index < -0.39 is 0 Å². The van der Waals surface area contributed by atoms with Crippen molar-refractivity contribution < 1.29 is 27.2 Å². The Bertz CT molecular complexity index is 731. The van der Waals surface area contributed by atoms with Gasteiger partial charge in [-0.2, -0.15) is 13.9 Å². The Morgan fingerprint density at radius 3 is 2.33 bits per heavy atom. The zero-order chi connectivity index (χ0) is 14.9. The van der Waals surface area contributed by atoms with Crippen molar-refractivity contribution >= 4 is 12.2 Å². The fraction of sp³-hybridized carbons (Fsp3) is 0.200. The fourth-order valence-corrected chi connectivity index (χ4v) is 1.93. The first-order valence-corrected chi connectivity index (χ1v) is 6.17. The van der Waals surface area contributed by atoms with Gasteiger partial charge in [0.1, 0.15) is 22.9 Å². The van der Waals surface area contributed by atoms with E-state index in [4.69, 9.17) is 0 Å². The average molecular weight is 309 g/mol. The number of halogens is 1. The summed E-state index contributed by atoms with van der Waals surface area (Å²) in [7, 11) is 3.38. The van der Waals surface area contributed by atoms with Gasteiger partial charge in [-0.1, -0.05) is 6.07 Å². The molecule has 5 nitrogen and oxygen atoms in total. The van der Waals surface area contributed by atoms with E-state index in [-0.39, 0.29) is 29.6 Å². The predicted molar refractivity (Wildman–Crippen MR) is 76.3 cm³/mol. The second kappa shape index (κ2) is 6.45. The first kappa shape index (κ1) is 16.8. The number of aromatic hydroxyl groups is 2. The molecule has 0 saturated heterocycles. The van der Waals surface area contributed by atoms with E-state index in [0.29, 0.717) is 11.3 Å². The van der Waals surface area contributed by atoms with Crippen molar-refractivity contribution in [1.29, 1.82) is 0 Å². The molecule has 0 unspecified atom stereocenters. The van der Waals surface area contributed by atoms with Gasteiger partial charge in [0, 0.05) is 6.07 Å². The number of nitrogens with zero attached hydrogens (tertiary/aromatic N) is 2. The molecule has 0 aliphatic carbocycles. The summed E-state index contributed by atoms with van der Waals surface area (Å²) in [6.07, 6.45) is 3.27. The minimum absolute atomic E-state index is 0. The smallest absolute Gasteiger partial charge is 0.498 e. The Hall–Kier alpha value is -2.27. The second-order valence-corrected chi connectivity index (χ2v) is 4.65. The van der Waals surface area contributed by atoms with Crippen LogP contribution in [0.1, 0.15) is 17.0 Å². The van der Waals surface area contributed by atoms with Crippen LogP contribution in [0.4, 0.5) is 0 Å². The standard InChI is InChI=1S/C15H16N2O3.ClH/c1-10-9-11(17(3)15(20)16(10)2)7-8-12-13(18)5-4-6-14(12)19;/h4-9H,1-3H3,(H,18,19);1H. The maximum Gasteiger partial charge on any atom is 0.498 e. The van der Waals surface area contributed by atoms with Crippen LogP contribution in [0.2, 0.25) is 0 Å². The van der Waals surface area contributed by atoms with Gasteiger partial charge in [-0.15, -0.1) is 0 Å². The molecular weight excluding hydrogens is 292 g/mol. The van der Waals surface area contributed by atoms with E-state index >= 15 is 0 Å². The highest BCUT2D eigenvalue weighted by Crippen LogP contribution is 2.27. The molecule has 0 spiro atoms. The van der Waals surface area contributed by atoms with E-state index in [1.165, 1.54) is 16.7 Å². The second-order valence-electron chi connectivity index (χ2n) is 4.65. The maximum absolute atomic E-state index is 11.9. The van der Waals surface area contributed by atoms with Gasteiger partial charge in [-0.05, 0) is 31.2 Å². The molecule has 21 heavy (non-hydrogen) atoms. The van der Waals surface area contributed by atoms with Gasteiger partial charge in [0.15, 0.2) is 0 Å². The van der Waals surface area contributed by atoms with Crippen LogP contribution in [0.3, 0.4) is 0 Å². The molecule has 0 radical (unpaired) electrons. The third-order valence-electron chi connectivity index (χ3n) is 3.33. The molecule has 1 aromatic carbocycles. The van der Waals surface area contributed by atoms with Crippen LogP contribution in [-0.2, 0) is 14.1 Å². The Morgan fingerprint density at radius 1 is 1.19 bits per heavy atom. The summed E-state index contributed by atoms with van der Waals surface area (Å²) in [6.45, 7) is 1.84. The van der Waals surface area contributed by atoms with Crippen molar-refractivity contribution in [2.45, 2.75) is 6.92 Å². The van der Waals surface area contributed by atoms with Crippen molar-refractivity contribution in [3.63, 3.8) is 0 Å². The molecule has 2 N–H and O–H groups in total. The Balaban J connectivity index is 0.00000220. The van der Waals surface area contributed by atoms with Gasteiger partial charge in [0.05, 0.1) is 19.7 Å². The lowest BCUT2D eigenvalue weighted by molar-refractivity contribution is -0.692. The molecule has 1 aromatic heterocycles. The van der Waals surface area contributed by atoms with Gasteiger partial charge < -0.3 is 22.6 Å². The number of rotatable bonds is 2. The first-order valence-electron chi connectivity index (χ1n) is 6.17. The predicted octanol–water partition coefficient (Wildman–Crippen LogP) is -1.90. The molecule has 1 heterocycles. The molecule has 0 atom stereocenters. The number of aromatic nitrogens is 2. The molecular formula is C15H17ClN2O3. The van der Waals surface area contributed by atoms with Gasteiger partial charge in [-0.3, -0.25) is 0 Å². The van der Waals surface area contributed by atoms with Crippen LogP contribution >= 0.6 is 0 Å². The third kappa shape index (κ3) is 3.25. The highest BCUT2D eigenvalue weighted by atomic mass is 35.5. The normalized spacial score (nSPS) is 10.6. The van der Waals surface area contributed by atoms with E-state index in [1.54, 1.807) is 36.9 Å². The van der Waals surface area contributed by atoms with Crippen molar-refractivity contribution in [3.05, 3.63) is 51.7 Å². The Labute approximate surface area is 128 Å². The van der Waals surface area contributed by atoms with E-state index in [0.717, 1.165) is 5.69 Å². The average Bonchev–Trinajstić information content (AvgIpc) is 2.41. The van der Waals surface area contributed by atoms with Crippen LogP contribution in [0.25, 0.3) is 12.2 Å². The molecule has 0 aliphatic heterocycles. The van der Waals surface area contributed by atoms with Crippen LogP contribution in [0.15, 0.2) is 29.1 Å².